The van der Waals surface area contributed by atoms with Crippen LogP contribution in [0.15, 0.2) is 12.1 Å². The Balaban J connectivity index is 2.80. The van der Waals surface area contributed by atoms with Gasteiger partial charge >= 0.3 is 0 Å². The van der Waals surface area contributed by atoms with Crippen molar-refractivity contribution in [2.75, 3.05) is 34.5 Å². The van der Waals surface area contributed by atoms with Crippen LogP contribution < -0.4 is 19.5 Å². The van der Waals surface area contributed by atoms with Crippen LogP contribution in [-0.2, 0) is 4.74 Å². The summed E-state index contributed by atoms with van der Waals surface area (Å²) in [4.78, 5) is 12.1. The zero-order valence-electron chi connectivity index (χ0n) is 13.2. The zero-order chi connectivity index (χ0) is 15.8. The van der Waals surface area contributed by atoms with Gasteiger partial charge in [-0.25, -0.2) is 0 Å². The van der Waals surface area contributed by atoms with Gasteiger partial charge in [-0.05, 0) is 26.0 Å². The number of rotatable bonds is 8. The van der Waals surface area contributed by atoms with Crippen LogP contribution in [0.25, 0.3) is 0 Å². The normalized spacial score (nSPS) is 10.4. The lowest BCUT2D eigenvalue weighted by Crippen LogP contribution is -2.28. The Morgan fingerprint density at radius 1 is 1.10 bits per heavy atom. The molecule has 0 saturated heterocycles. The van der Waals surface area contributed by atoms with Crippen molar-refractivity contribution in [2.45, 2.75) is 20.0 Å². The Morgan fingerprint density at radius 2 is 1.67 bits per heavy atom. The molecule has 1 aromatic rings. The van der Waals surface area contributed by atoms with Crippen LogP contribution >= 0.6 is 0 Å². The molecular weight excluding hydrogens is 274 g/mol. The summed E-state index contributed by atoms with van der Waals surface area (Å²) < 4.78 is 21.0. The van der Waals surface area contributed by atoms with Crippen LogP contribution in [0.5, 0.6) is 17.2 Å². The predicted molar refractivity (Wildman–Crippen MR) is 79.5 cm³/mol. The lowest BCUT2D eigenvalue weighted by atomic mass is 10.1. The average Bonchev–Trinajstić information content (AvgIpc) is 2.49. The number of carbonyl (C=O) groups is 1. The van der Waals surface area contributed by atoms with Gasteiger partial charge in [-0.1, -0.05) is 0 Å². The second kappa shape index (κ2) is 8.36. The average molecular weight is 297 g/mol. The van der Waals surface area contributed by atoms with Gasteiger partial charge in [-0.15, -0.1) is 0 Å². The minimum absolute atomic E-state index is 0.142. The summed E-state index contributed by atoms with van der Waals surface area (Å²) in [5.74, 6) is 1.13. The molecule has 0 aliphatic carbocycles. The highest BCUT2D eigenvalue weighted by atomic mass is 16.5. The first-order valence-electron chi connectivity index (χ1n) is 6.73. The molecular formula is C15H23NO5. The van der Waals surface area contributed by atoms with Crippen LogP contribution in [0.4, 0.5) is 0 Å². The van der Waals surface area contributed by atoms with Crippen molar-refractivity contribution >= 4 is 5.91 Å². The Morgan fingerprint density at radius 3 is 2.10 bits per heavy atom. The van der Waals surface area contributed by atoms with E-state index in [1.807, 2.05) is 13.8 Å². The third kappa shape index (κ3) is 4.82. The minimum atomic E-state index is -0.221. The molecule has 0 saturated carbocycles. The highest BCUT2D eigenvalue weighted by Crippen LogP contribution is 2.38. The molecule has 21 heavy (non-hydrogen) atoms. The van der Waals surface area contributed by atoms with E-state index in [0.717, 1.165) is 0 Å². The van der Waals surface area contributed by atoms with E-state index in [-0.39, 0.29) is 12.0 Å². The van der Waals surface area contributed by atoms with E-state index in [0.29, 0.717) is 36.0 Å². The van der Waals surface area contributed by atoms with Gasteiger partial charge in [0.2, 0.25) is 5.75 Å². The number of amides is 1. The second-order valence-electron chi connectivity index (χ2n) is 4.59. The first kappa shape index (κ1) is 17.1. The van der Waals surface area contributed by atoms with E-state index in [1.165, 1.54) is 21.3 Å². The van der Waals surface area contributed by atoms with Crippen molar-refractivity contribution in [3.05, 3.63) is 17.7 Å². The van der Waals surface area contributed by atoms with Crippen molar-refractivity contribution < 1.29 is 23.7 Å². The third-order valence-electron chi connectivity index (χ3n) is 2.77. The molecule has 1 N–H and O–H groups in total. The van der Waals surface area contributed by atoms with Crippen LogP contribution in [0.3, 0.4) is 0 Å². The van der Waals surface area contributed by atoms with E-state index < -0.39 is 0 Å². The minimum Gasteiger partial charge on any atom is -0.493 e. The summed E-state index contributed by atoms with van der Waals surface area (Å²) in [5, 5.41) is 2.78. The van der Waals surface area contributed by atoms with Crippen LogP contribution in [0.1, 0.15) is 24.2 Å². The van der Waals surface area contributed by atoms with Crippen LogP contribution in [0.2, 0.25) is 0 Å². The standard InChI is InChI=1S/C15H23NO5/c1-10(2)21-7-6-16-15(17)11-8-12(18-3)14(20-5)13(9-11)19-4/h8-10H,6-7H2,1-5H3,(H,16,17). The number of methoxy groups -OCH3 is 3. The second-order valence-corrected chi connectivity index (χ2v) is 4.59. The zero-order valence-corrected chi connectivity index (χ0v) is 13.2. The number of carbonyl (C=O) groups excluding carboxylic acids is 1. The Labute approximate surface area is 125 Å². The van der Waals surface area contributed by atoms with Gasteiger partial charge < -0.3 is 24.3 Å². The van der Waals surface area contributed by atoms with E-state index in [9.17, 15) is 4.79 Å². The molecule has 0 heterocycles. The van der Waals surface area contributed by atoms with Crippen molar-refractivity contribution in [2.24, 2.45) is 0 Å². The fraction of sp³-hybridized carbons (Fsp3) is 0.533. The lowest BCUT2D eigenvalue weighted by molar-refractivity contribution is 0.0746. The SMILES string of the molecule is COc1cc(C(=O)NCCOC(C)C)cc(OC)c1OC. The van der Waals surface area contributed by atoms with Crippen molar-refractivity contribution in [3.63, 3.8) is 0 Å². The maximum Gasteiger partial charge on any atom is 0.251 e. The predicted octanol–water partition coefficient (Wildman–Crippen LogP) is 1.87. The van der Waals surface area contributed by atoms with E-state index in [1.54, 1.807) is 12.1 Å². The number of hydrogen-bond donors (Lipinski definition) is 1. The van der Waals surface area contributed by atoms with Crippen molar-refractivity contribution in [1.29, 1.82) is 0 Å². The molecule has 0 spiro atoms. The van der Waals surface area contributed by atoms with Gasteiger partial charge in [0.25, 0.3) is 5.91 Å². The van der Waals surface area contributed by atoms with Crippen molar-refractivity contribution in [3.8, 4) is 17.2 Å². The Kier molecular flexibility index (Phi) is 6.81. The topological polar surface area (TPSA) is 66.0 Å². The summed E-state index contributed by atoms with van der Waals surface area (Å²) in [6.45, 7) is 4.80. The fourth-order valence-corrected chi connectivity index (χ4v) is 1.77. The molecule has 118 valence electrons. The molecule has 0 bridgehead atoms. The van der Waals surface area contributed by atoms with Gasteiger partial charge in [-0.3, -0.25) is 4.79 Å². The molecule has 1 rings (SSSR count). The molecule has 1 amide bonds. The maximum absolute atomic E-state index is 12.1. The van der Waals surface area contributed by atoms with E-state index in [2.05, 4.69) is 5.32 Å². The largest absolute Gasteiger partial charge is 0.493 e. The smallest absolute Gasteiger partial charge is 0.251 e. The van der Waals surface area contributed by atoms with Gasteiger partial charge in [0, 0.05) is 12.1 Å². The molecule has 0 atom stereocenters. The number of benzene rings is 1. The monoisotopic (exact) mass is 297 g/mol. The third-order valence-corrected chi connectivity index (χ3v) is 2.77. The lowest BCUT2D eigenvalue weighted by Gasteiger charge is -2.14. The van der Waals surface area contributed by atoms with Crippen LogP contribution in [-0.4, -0.2) is 46.5 Å². The highest BCUT2D eigenvalue weighted by molar-refractivity contribution is 5.95. The van der Waals surface area contributed by atoms with Crippen LogP contribution in [0, 0.1) is 0 Å². The molecule has 6 nitrogen and oxygen atoms in total. The quantitative estimate of drug-likeness (QED) is 0.742. The van der Waals surface area contributed by atoms with Gasteiger partial charge in [-0.2, -0.15) is 0 Å². The first-order valence-corrected chi connectivity index (χ1v) is 6.73. The Bertz CT molecular complexity index is 448. The van der Waals surface area contributed by atoms with E-state index >= 15 is 0 Å². The summed E-state index contributed by atoms with van der Waals surface area (Å²) in [5.41, 5.74) is 0.439. The molecule has 0 fully saturated rings. The summed E-state index contributed by atoms with van der Waals surface area (Å²) >= 11 is 0. The first-order chi connectivity index (χ1) is 10.0. The number of hydrogen-bond acceptors (Lipinski definition) is 5. The van der Waals surface area contributed by atoms with Crippen molar-refractivity contribution in [1.82, 2.24) is 5.32 Å². The highest BCUT2D eigenvalue weighted by Gasteiger charge is 2.16. The Hall–Kier alpha value is -1.95. The number of ether oxygens (including phenoxy) is 4. The molecule has 0 aromatic heterocycles. The summed E-state index contributed by atoms with van der Waals surface area (Å²) in [6.07, 6.45) is 0.142. The molecule has 0 aliphatic heterocycles. The van der Waals surface area contributed by atoms with Gasteiger partial charge in [0.1, 0.15) is 0 Å². The molecule has 0 unspecified atom stereocenters. The summed E-state index contributed by atoms with van der Waals surface area (Å²) in [6, 6.07) is 3.22. The van der Waals surface area contributed by atoms with Gasteiger partial charge in [0.15, 0.2) is 11.5 Å². The fourth-order valence-electron chi connectivity index (χ4n) is 1.77. The van der Waals surface area contributed by atoms with E-state index in [4.69, 9.17) is 18.9 Å². The molecule has 6 heteroatoms. The molecule has 1 aromatic carbocycles. The van der Waals surface area contributed by atoms with Gasteiger partial charge in [0.05, 0.1) is 34.0 Å². The molecule has 0 radical (unpaired) electrons. The maximum atomic E-state index is 12.1. The number of nitrogens with one attached hydrogen (secondary N) is 1. The summed E-state index contributed by atoms with van der Waals surface area (Å²) in [7, 11) is 4.54. The molecule has 0 aliphatic rings.